The van der Waals surface area contributed by atoms with E-state index >= 15 is 0 Å². The molecule has 20 heavy (non-hydrogen) atoms. The third-order valence-corrected chi connectivity index (χ3v) is 4.45. The number of ether oxygens (including phenoxy) is 1. The predicted molar refractivity (Wildman–Crippen MR) is 79.1 cm³/mol. The van der Waals surface area contributed by atoms with E-state index < -0.39 is 5.97 Å². The average molecular weight is 276 g/mol. The maximum atomic E-state index is 11.5. The van der Waals surface area contributed by atoms with E-state index in [0.717, 1.165) is 37.0 Å². The van der Waals surface area contributed by atoms with E-state index in [-0.39, 0.29) is 11.8 Å². The quantitative estimate of drug-likeness (QED) is 0.881. The normalized spacial score (nSPS) is 26.2. The van der Waals surface area contributed by atoms with E-state index in [9.17, 15) is 9.90 Å². The van der Waals surface area contributed by atoms with Gasteiger partial charge in [0.1, 0.15) is 5.75 Å². The van der Waals surface area contributed by atoms with E-state index in [1.165, 1.54) is 0 Å². The highest BCUT2D eigenvalue weighted by Crippen LogP contribution is 2.42. The molecule has 0 heterocycles. The van der Waals surface area contributed by atoms with Crippen molar-refractivity contribution in [1.29, 1.82) is 0 Å². The number of rotatable bonds is 5. The van der Waals surface area contributed by atoms with Crippen molar-refractivity contribution in [2.45, 2.75) is 45.4 Å². The third kappa shape index (κ3) is 3.33. The Balaban J connectivity index is 2.25. The van der Waals surface area contributed by atoms with Crippen LogP contribution in [0.25, 0.3) is 0 Å². The first-order chi connectivity index (χ1) is 9.65. The van der Waals surface area contributed by atoms with Crippen LogP contribution >= 0.6 is 0 Å². The average Bonchev–Trinajstić information content (AvgIpc) is 2.47. The molecule has 3 heteroatoms. The summed E-state index contributed by atoms with van der Waals surface area (Å²) in [6.07, 6.45) is 3.93. The van der Waals surface area contributed by atoms with Gasteiger partial charge in [-0.3, -0.25) is 4.79 Å². The Labute approximate surface area is 121 Å². The van der Waals surface area contributed by atoms with Crippen LogP contribution < -0.4 is 4.74 Å². The fraction of sp³-hybridized carbons (Fsp3) is 0.588. The van der Waals surface area contributed by atoms with Gasteiger partial charge < -0.3 is 9.84 Å². The summed E-state index contributed by atoms with van der Waals surface area (Å²) in [6, 6.07) is 7.96. The minimum Gasteiger partial charge on any atom is -0.494 e. The summed E-state index contributed by atoms with van der Waals surface area (Å²) >= 11 is 0. The molecule has 3 nitrogen and oxygen atoms in total. The molecule has 0 amide bonds. The van der Waals surface area contributed by atoms with Gasteiger partial charge in [0, 0.05) is 0 Å². The Hall–Kier alpha value is -1.51. The third-order valence-electron chi connectivity index (χ3n) is 4.45. The van der Waals surface area contributed by atoms with Crippen LogP contribution in [-0.4, -0.2) is 17.7 Å². The van der Waals surface area contributed by atoms with Crippen molar-refractivity contribution in [2.24, 2.45) is 11.8 Å². The molecule has 1 aliphatic rings. The Bertz CT molecular complexity index is 455. The highest BCUT2D eigenvalue weighted by atomic mass is 16.5. The number of aliphatic carboxylic acids is 1. The summed E-state index contributed by atoms with van der Waals surface area (Å²) in [7, 11) is 0. The summed E-state index contributed by atoms with van der Waals surface area (Å²) in [5, 5.41) is 9.47. The Morgan fingerprint density at radius 2 is 2.15 bits per heavy atom. The first-order valence-electron chi connectivity index (χ1n) is 7.61. The molecule has 3 atom stereocenters. The molecule has 0 saturated heterocycles. The molecule has 3 unspecified atom stereocenters. The molecule has 2 rings (SSSR count). The van der Waals surface area contributed by atoms with E-state index in [2.05, 4.69) is 6.92 Å². The second-order valence-electron chi connectivity index (χ2n) is 5.64. The highest BCUT2D eigenvalue weighted by Gasteiger charge is 2.35. The lowest BCUT2D eigenvalue weighted by atomic mass is 9.70. The van der Waals surface area contributed by atoms with Gasteiger partial charge >= 0.3 is 5.97 Å². The van der Waals surface area contributed by atoms with Crippen LogP contribution in [0.1, 0.15) is 51.0 Å². The van der Waals surface area contributed by atoms with Crippen LogP contribution in [0.15, 0.2) is 24.3 Å². The molecule has 1 fully saturated rings. The van der Waals surface area contributed by atoms with Gasteiger partial charge in [0.15, 0.2) is 0 Å². The lowest BCUT2D eigenvalue weighted by Crippen LogP contribution is -2.29. The van der Waals surface area contributed by atoms with Crippen LogP contribution in [0.2, 0.25) is 0 Å². The molecular weight excluding hydrogens is 252 g/mol. The van der Waals surface area contributed by atoms with Crippen molar-refractivity contribution >= 4 is 5.97 Å². The molecule has 1 N–H and O–H groups in total. The van der Waals surface area contributed by atoms with Gasteiger partial charge in [-0.25, -0.2) is 0 Å². The zero-order chi connectivity index (χ0) is 14.5. The Morgan fingerprint density at radius 3 is 2.80 bits per heavy atom. The molecular formula is C17H24O3. The van der Waals surface area contributed by atoms with Crippen molar-refractivity contribution in [3.63, 3.8) is 0 Å². The number of hydrogen-bond acceptors (Lipinski definition) is 2. The maximum Gasteiger partial charge on any atom is 0.307 e. The smallest absolute Gasteiger partial charge is 0.307 e. The molecule has 1 aromatic rings. The Kier molecular flexibility index (Phi) is 5.05. The van der Waals surface area contributed by atoms with Crippen LogP contribution in [0, 0.1) is 11.8 Å². The highest BCUT2D eigenvalue weighted by molar-refractivity contribution is 5.71. The van der Waals surface area contributed by atoms with Crippen molar-refractivity contribution < 1.29 is 14.6 Å². The molecule has 0 aliphatic heterocycles. The van der Waals surface area contributed by atoms with Crippen LogP contribution in [0.4, 0.5) is 0 Å². The molecule has 0 radical (unpaired) electrons. The van der Waals surface area contributed by atoms with Crippen molar-refractivity contribution in [1.82, 2.24) is 0 Å². The van der Waals surface area contributed by atoms with Gasteiger partial charge in [-0.2, -0.15) is 0 Å². The van der Waals surface area contributed by atoms with Gasteiger partial charge in [-0.1, -0.05) is 25.5 Å². The summed E-state index contributed by atoms with van der Waals surface area (Å²) in [5.74, 6) is 0.687. The van der Waals surface area contributed by atoms with Crippen molar-refractivity contribution in [3.05, 3.63) is 29.8 Å². The fourth-order valence-corrected chi connectivity index (χ4v) is 3.29. The van der Waals surface area contributed by atoms with E-state index in [4.69, 9.17) is 4.74 Å². The molecule has 110 valence electrons. The molecule has 1 saturated carbocycles. The summed E-state index contributed by atoms with van der Waals surface area (Å²) in [5.41, 5.74) is 1.11. The van der Waals surface area contributed by atoms with Crippen LogP contribution in [0.3, 0.4) is 0 Å². The molecule has 1 aromatic carbocycles. The number of benzene rings is 1. The number of carboxylic acid groups (broad SMARTS) is 1. The summed E-state index contributed by atoms with van der Waals surface area (Å²) < 4.78 is 5.54. The van der Waals surface area contributed by atoms with Gasteiger partial charge in [0.05, 0.1) is 12.5 Å². The minimum absolute atomic E-state index is 0.117. The lowest BCUT2D eigenvalue weighted by Gasteiger charge is -2.34. The van der Waals surface area contributed by atoms with Gasteiger partial charge in [-0.05, 0) is 55.7 Å². The summed E-state index contributed by atoms with van der Waals surface area (Å²) in [6.45, 7) is 4.79. The number of carboxylic acids is 1. The monoisotopic (exact) mass is 276 g/mol. The second-order valence-corrected chi connectivity index (χ2v) is 5.64. The van der Waals surface area contributed by atoms with Crippen molar-refractivity contribution in [3.8, 4) is 5.75 Å². The van der Waals surface area contributed by atoms with Gasteiger partial charge in [0.2, 0.25) is 0 Å². The first kappa shape index (κ1) is 14.9. The summed E-state index contributed by atoms with van der Waals surface area (Å²) in [4.78, 5) is 11.5. The minimum atomic E-state index is -0.661. The van der Waals surface area contributed by atoms with Gasteiger partial charge in [-0.15, -0.1) is 0 Å². The topological polar surface area (TPSA) is 46.5 Å². The molecule has 0 aromatic heterocycles. The van der Waals surface area contributed by atoms with E-state index in [1.807, 2.05) is 31.2 Å². The Morgan fingerprint density at radius 1 is 1.35 bits per heavy atom. The largest absolute Gasteiger partial charge is 0.494 e. The van der Waals surface area contributed by atoms with Crippen LogP contribution in [0.5, 0.6) is 5.75 Å². The second kappa shape index (κ2) is 6.78. The zero-order valence-electron chi connectivity index (χ0n) is 12.3. The van der Waals surface area contributed by atoms with E-state index in [1.54, 1.807) is 0 Å². The van der Waals surface area contributed by atoms with Gasteiger partial charge in [0.25, 0.3) is 0 Å². The molecule has 0 spiro atoms. The first-order valence-corrected chi connectivity index (χ1v) is 7.61. The van der Waals surface area contributed by atoms with Crippen molar-refractivity contribution in [2.75, 3.05) is 6.61 Å². The standard InChI is InChI=1S/C17H24O3/c1-3-12-8-9-15(17(18)19)16(10-12)13-6-5-7-14(11-13)20-4-2/h5-7,11-12,15-16H,3-4,8-10H2,1-2H3,(H,18,19). The van der Waals surface area contributed by atoms with E-state index in [0.29, 0.717) is 12.5 Å². The number of carbonyl (C=O) groups is 1. The molecule has 0 bridgehead atoms. The zero-order valence-corrected chi connectivity index (χ0v) is 12.3. The molecule has 1 aliphatic carbocycles. The van der Waals surface area contributed by atoms with Crippen LogP contribution in [-0.2, 0) is 4.79 Å². The number of hydrogen-bond donors (Lipinski definition) is 1. The SMILES string of the molecule is CCOc1cccc(C2CC(CC)CCC2C(=O)O)c1. The predicted octanol–water partition coefficient (Wildman–Crippen LogP) is 4.08. The lowest BCUT2D eigenvalue weighted by molar-refractivity contribution is -0.143. The maximum absolute atomic E-state index is 11.5. The fourth-order valence-electron chi connectivity index (χ4n) is 3.29.